The fourth-order valence-electron chi connectivity index (χ4n) is 4.91. The molecule has 0 bridgehead atoms. The highest BCUT2D eigenvalue weighted by atomic mass is 32.2. The molecule has 0 spiro atoms. The van der Waals surface area contributed by atoms with Gasteiger partial charge < -0.3 is 20.2 Å². The molecule has 1 aromatic carbocycles. The molecule has 0 aliphatic carbocycles. The number of nitrogens with one attached hydrogen (secondary N) is 2. The largest absolute Gasteiger partial charge is 0.451 e. The fourth-order valence-corrected chi connectivity index (χ4v) is 6.51. The Bertz CT molecular complexity index is 1580. The van der Waals surface area contributed by atoms with Gasteiger partial charge in [-0.1, -0.05) is 13.8 Å². The van der Waals surface area contributed by atoms with Crippen molar-refractivity contribution in [3.63, 3.8) is 0 Å². The smallest absolute Gasteiger partial charge is 0.417 e. The van der Waals surface area contributed by atoms with Gasteiger partial charge in [0.2, 0.25) is 5.91 Å². The second-order valence-electron chi connectivity index (χ2n) is 11.0. The molecule has 3 N–H and O–H groups in total. The number of benzene rings is 1. The lowest BCUT2D eigenvalue weighted by Gasteiger charge is -2.28. The molecule has 2 aromatic heterocycles. The number of pyridine rings is 1. The van der Waals surface area contributed by atoms with E-state index in [9.17, 15) is 40.7 Å². The lowest BCUT2D eigenvalue weighted by atomic mass is 10.0. The van der Waals surface area contributed by atoms with Gasteiger partial charge in [0.05, 0.1) is 17.7 Å². The van der Waals surface area contributed by atoms with Crippen molar-refractivity contribution >= 4 is 32.8 Å². The van der Waals surface area contributed by atoms with Crippen molar-refractivity contribution in [3.05, 3.63) is 59.7 Å². The first-order valence-electron chi connectivity index (χ1n) is 13.6. The van der Waals surface area contributed by atoms with Gasteiger partial charge in [-0.05, 0) is 68.5 Å². The van der Waals surface area contributed by atoms with Crippen LogP contribution in [0, 0.1) is 11.7 Å². The molecule has 4 rings (SSSR count). The van der Waals surface area contributed by atoms with Crippen LogP contribution in [0.25, 0.3) is 11.0 Å². The summed E-state index contributed by atoms with van der Waals surface area (Å²) >= 11 is 0. The molecule has 2 amide bonds. The summed E-state index contributed by atoms with van der Waals surface area (Å²) in [5.74, 6) is -1.97. The van der Waals surface area contributed by atoms with Gasteiger partial charge in [-0.15, -0.1) is 0 Å². The Morgan fingerprint density at radius 1 is 1.16 bits per heavy atom. The molecule has 4 atom stereocenters. The number of β-amino-alcohol motifs (C(OH)–C–C–N with tert-alkyl or cyclic N) is 1. The van der Waals surface area contributed by atoms with E-state index in [1.807, 2.05) is 13.8 Å². The maximum absolute atomic E-state index is 13.6. The van der Waals surface area contributed by atoms with Gasteiger partial charge in [-0.3, -0.25) is 9.59 Å². The number of hydrogen-bond donors (Lipinski definition) is 3. The average molecular weight is 629 g/mol. The number of amides is 2. The molecule has 234 valence electrons. The summed E-state index contributed by atoms with van der Waals surface area (Å²) in [5.41, 5.74) is -0.812. The zero-order valence-electron chi connectivity index (χ0n) is 23.6. The molecule has 1 aliphatic heterocycles. The normalized spacial score (nSPS) is 21.0. The van der Waals surface area contributed by atoms with E-state index >= 15 is 0 Å². The Morgan fingerprint density at radius 2 is 1.88 bits per heavy atom. The van der Waals surface area contributed by atoms with E-state index in [1.165, 1.54) is 24.3 Å². The Labute approximate surface area is 245 Å². The van der Waals surface area contributed by atoms with Crippen LogP contribution in [-0.2, 0) is 21.0 Å². The predicted octanol–water partition coefficient (Wildman–Crippen LogP) is 3.85. The van der Waals surface area contributed by atoms with Gasteiger partial charge in [0, 0.05) is 24.2 Å². The zero-order valence-corrected chi connectivity index (χ0v) is 24.4. The zero-order chi connectivity index (χ0) is 31.7. The standard InChI is InChI=1S/C28H32F4N4O6S/c1-15(2)10-21(35-27(39)24-12-17-11-19(29)6-8-23(17)42-24)26(38)34-20-7-4-16(3)36(14-22(20)37)43(40,41)25-9-5-18(13-33-25)28(30,31)32/h5-6,8-9,11-13,15-16,20-22,37H,4,7,10,14H2,1-3H3,(H,34,38)(H,35,39)/t16-,20+,21+,22+/m1/s1. The first-order chi connectivity index (χ1) is 20.1. The minimum absolute atomic E-state index is 0.0308. The summed E-state index contributed by atoms with van der Waals surface area (Å²) in [6, 6.07) is 3.91. The van der Waals surface area contributed by atoms with E-state index in [0.717, 1.165) is 10.4 Å². The van der Waals surface area contributed by atoms with Crippen LogP contribution in [-0.4, -0.2) is 65.4 Å². The Kier molecular flexibility index (Phi) is 9.47. The maximum atomic E-state index is 13.6. The topological polar surface area (TPSA) is 142 Å². The number of aliphatic hydroxyl groups is 1. The van der Waals surface area contributed by atoms with E-state index in [2.05, 4.69) is 15.6 Å². The molecule has 0 radical (unpaired) electrons. The third-order valence-electron chi connectivity index (χ3n) is 7.21. The Morgan fingerprint density at radius 3 is 2.51 bits per heavy atom. The molecular weight excluding hydrogens is 596 g/mol. The van der Waals surface area contributed by atoms with Crippen LogP contribution in [0.15, 0.2) is 52.0 Å². The van der Waals surface area contributed by atoms with Gasteiger partial charge in [0.15, 0.2) is 10.8 Å². The van der Waals surface area contributed by atoms with Crippen molar-refractivity contribution in [1.82, 2.24) is 19.9 Å². The first kappa shape index (κ1) is 32.4. The van der Waals surface area contributed by atoms with Gasteiger partial charge >= 0.3 is 6.18 Å². The second-order valence-corrected chi connectivity index (χ2v) is 12.9. The number of alkyl halides is 3. The van der Waals surface area contributed by atoms with Crippen LogP contribution in [0.4, 0.5) is 17.6 Å². The molecule has 1 saturated heterocycles. The molecular formula is C28H32F4N4O6S. The number of aromatic nitrogens is 1. The Hall–Kier alpha value is -3.56. The lowest BCUT2D eigenvalue weighted by Crippen LogP contribution is -2.54. The summed E-state index contributed by atoms with van der Waals surface area (Å²) < 4.78 is 85.3. The van der Waals surface area contributed by atoms with Crippen LogP contribution >= 0.6 is 0 Å². The molecule has 0 unspecified atom stereocenters. The van der Waals surface area contributed by atoms with Crippen molar-refractivity contribution in [2.45, 2.75) is 75.5 Å². The molecule has 10 nitrogen and oxygen atoms in total. The monoisotopic (exact) mass is 628 g/mol. The number of fused-ring (bicyclic) bond motifs is 1. The van der Waals surface area contributed by atoms with Crippen molar-refractivity contribution in [3.8, 4) is 0 Å². The van der Waals surface area contributed by atoms with Crippen LogP contribution in [0.5, 0.6) is 0 Å². The van der Waals surface area contributed by atoms with E-state index in [1.54, 1.807) is 6.92 Å². The highest BCUT2D eigenvalue weighted by molar-refractivity contribution is 7.89. The predicted molar refractivity (Wildman–Crippen MR) is 147 cm³/mol. The minimum Gasteiger partial charge on any atom is -0.451 e. The van der Waals surface area contributed by atoms with Crippen LogP contribution in [0.2, 0.25) is 0 Å². The number of carbonyl (C=O) groups excluding carboxylic acids is 2. The van der Waals surface area contributed by atoms with Gasteiger partial charge in [-0.2, -0.15) is 17.5 Å². The van der Waals surface area contributed by atoms with Gasteiger partial charge in [0.1, 0.15) is 17.4 Å². The minimum atomic E-state index is -4.69. The number of sulfonamides is 1. The highest BCUT2D eigenvalue weighted by Crippen LogP contribution is 2.30. The first-order valence-corrected chi connectivity index (χ1v) is 15.0. The van der Waals surface area contributed by atoms with Crippen LogP contribution < -0.4 is 10.6 Å². The fraction of sp³-hybridized carbons (Fsp3) is 0.464. The van der Waals surface area contributed by atoms with Gasteiger partial charge in [-0.25, -0.2) is 17.8 Å². The number of hydrogen-bond acceptors (Lipinski definition) is 7. The third-order valence-corrected chi connectivity index (χ3v) is 9.11. The average Bonchev–Trinajstić information content (AvgIpc) is 3.29. The van der Waals surface area contributed by atoms with Crippen molar-refractivity contribution < 1.29 is 45.1 Å². The summed E-state index contributed by atoms with van der Waals surface area (Å²) in [5, 5.41) is 16.1. The third kappa shape index (κ3) is 7.51. The number of furan rings is 1. The number of carbonyl (C=O) groups is 2. The Balaban J connectivity index is 1.47. The van der Waals surface area contributed by atoms with E-state index in [0.29, 0.717) is 17.6 Å². The molecule has 1 aliphatic rings. The van der Waals surface area contributed by atoms with Gasteiger partial charge in [0.25, 0.3) is 15.9 Å². The van der Waals surface area contributed by atoms with E-state index in [4.69, 9.17) is 4.42 Å². The second kappa shape index (κ2) is 12.6. The molecule has 1 fully saturated rings. The summed E-state index contributed by atoms with van der Waals surface area (Å²) in [4.78, 5) is 29.8. The molecule has 15 heteroatoms. The number of aliphatic hydroxyl groups excluding tert-OH is 1. The molecule has 43 heavy (non-hydrogen) atoms. The maximum Gasteiger partial charge on any atom is 0.417 e. The summed E-state index contributed by atoms with van der Waals surface area (Å²) in [6.45, 7) is 4.82. The molecule has 3 heterocycles. The quantitative estimate of drug-likeness (QED) is 0.322. The van der Waals surface area contributed by atoms with Crippen molar-refractivity contribution in [2.75, 3.05) is 6.54 Å². The van der Waals surface area contributed by atoms with Crippen molar-refractivity contribution in [1.29, 1.82) is 0 Å². The van der Waals surface area contributed by atoms with E-state index in [-0.39, 0.29) is 36.5 Å². The van der Waals surface area contributed by atoms with E-state index < -0.39 is 75.2 Å². The summed E-state index contributed by atoms with van der Waals surface area (Å²) in [6.07, 6.45) is -5.02. The van der Waals surface area contributed by atoms with Crippen LogP contribution in [0.1, 0.15) is 56.2 Å². The highest BCUT2D eigenvalue weighted by Gasteiger charge is 2.39. The SMILES string of the molecule is CC(C)C[C@H](NC(=O)c1cc2cc(F)ccc2o1)C(=O)N[C@H]1CC[C@@H](C)N(S(=O)(=O)c2ccc(C(F)(F)F)cn2)C[C@@H]1O. The number of halogens is 4. The van der Waals surface area contributed by atoms with Crippen molar-refractivity contribution in [2.24, 2.45) is 5.92 Å². The number of nitrogens with zero attached hydrogens (tertiary/aromatic N) is 2. The summed E-state index contributed by atoms with van der Waals surface area (Å²) in [7, 11) is -4.38. The molecule has 3 aromatic rings. The van der Waals surface area contributed by atoms with Crippen LogP contribution in [0.3, 0.4) is 0 Å². The molecule has 0 saturated carbocycles. The number of rotatable bonds is 8. The lowest BCUT2D eigenvalue weighted by molar-refractivity contribution is -0.137.